The largest absolute Gasteiger partial charge is 0.527 e. The molecule has 0 aliphatic carbocycles. The van der Waals surface area contributed by atoms with E-state index in [9.17, 15) is 18.0 Å². The second kappa shape index (κ2) is 12.2. The van der Waals surface area contributed by atoms with Gasteiger partial charge in [-0.25, -0.2) is 13.2 Å². The van der Waals surface area contributed by atoms with Crippen molar-refractivity contribution in [3.8, 4) is 11.1 Å². The van der Waals surface area contributed by atoms with Gasteiger partial charge in [-0.3, -0.25) is 10.2 Å². The molecule has 11 nitrogen and oxygen atoms in total. The molecule has 1 heterocycles. The first-order valence-corrected chi connectivity index (χ1v) is 14.5. The van der Waals surface area contributed by atoms with Gasteiger partial charge in [-0.15, -0.1) is 5.06 Å². The zero-order valence-electron chi connectivity index (χ0n) is 22.2. The molecule has 1 saturated heterocycles. The molecule has 0 spiro atoms. The lowest BCUT2D eigenvalue weighted by Gasteiger charge is -2.40. The number of anilines is 2. The molecule has 3 aromatic rings. The molecule has 0 aromatic heterocycles. The minimum absolute atomic E-state index is 0.0643. The quantitative estimate of drug-likeness (QED) is 0.212. The summed E-state index contributed by atoms with van der Waals surface area (Å²) in [5.41, 5.74) is 8.65. The van der Waals surface area contributed by atoms with Gasteiger partial charge in [-0.1, -0.05) is 42.5 Å². The minimum atomic E-state index is -3.43. The minimum Gasteiger partial charge on any atom is -0.433 e. The summed E-state index contributed by atoms with van der Waals surface area (Å²) in [4.78, 5) is 32.8. The van der Waals surface area contributed by atoms with E-state index in [0.717, 1.165) is 6.26 Å². The molecule has 0 saturated carbocycles. The van der Waals surface area contributed by atoms with Gasteiger partial charge in [-0.2, -0.15) is 0 Å². The molecule has 1 amide bonds. The summed E-state index contributed by atoms with van der Waals surface area (Å²) in [5.74, 6) is -0.445. The van der Waals surface area contributed by atoms with Gasteiger partial charge in [0.25, 0.3) is 0 Å². The Kier molecular flexibility index (Phi) is 8.70. The Labute approximate surface area is 232 Å². The van der Waals surface area contributed by atoms with Gasteiger partial charge >= 0.3 is 6.16 Å². The van der Waals surface area contributed by atoms with Crippen molar-refractivity contribution >= 4 is 39.1 Å². The Hall–Kier alpha value is -4.42. The van der Waals surface area contributed by atoms with E-state index in [1.165, 1.54) is 5.06 Å². The van der Waals surface area contributed by atoms with Crippen LogP contribution in [-0.4, -0.2) is 69.9 Å². The van der Waals surface area contributed by atoms with Gasteiger partial charge in [0.1, 0.15) is 11.9 Å². The molecule has 4 N–H and O–H groups in total. The number of nitrogens with two attached hydrogens (primary N) is 1. The normalized spacial score (nSPS) is 15.8. The average Bonchev–Trinajstić information content (AvgIpc) is 2.93. The fourth-order valence-electron chi connectivity index (χ4n) is 4.46. The molecule has 40 heavy (non-hydrogen) atoms. The summed E-state index contributed by atoms with van der Waals surface area (Å²) < 4.78 is 29.3. The van der Waals surface area contributed by atoms with E-state index in [1.807, 2.05) is 11.0 Å². The molecule has 1 unspecified atom stereocenters. The third-order valence-electron chi connectivity index (χ3n) is 6.35. The van der Waals surface area contributed by atoms with Gasteiger partial charge < -0.3 is 25.5 Å². The van der Waals surface area contributed by atoms with E-state index in [0.29, 0.717) is 41.2 Å². The molecule has 1 aliphatic rings. The molecule has 12 heteroatoms. The monoisotopic (exact) mass is 565 g/mol. The summed E-state index contributed by atoms with van der Waals surface area (Å²) in [6.45, 7) is 2.56. The van der Waals surface area contributed by atoms with Crippen LogP contribution in [0.25, 0.3) is 11.1 Å². The van der Waals surface area contributed by atoms with Crippen LogP contribution in [0, 0.1) is 5.41 Å². The van der Waals surface area contributed by atoms with Crippen LogP contribution < -0.4 is 16.0 Å². The highest BCUT2D eigenvalue weighted by molar-refractivity contribution is 7.90. The van der Waals surface area contributed by atoms with E-state index in [4.69, 9.17) is 20.7 Å². The predicted octanol–water partition coefficient (Wildman–Crippen LogP) is 3.26. The predicted molar refractivity (Wildman–Crippen MR) is 152 cm³/mol. The average molecular weight is 566 g/mol. The zero-order chi connectivity index (χ0) is 28.9. The summed E-state index contributed by atoms with van der Waals surface area (Å²) in [6.07, 6.45) is 0.316. The number of nitrogens with zero attached hydrogens (tertiary/aromatic N) is 2. The van der Waals surface area contributed by atoms with Gasteiger partial charge in [0.15, 0.2) is 9.84 Å². The van der Waals surface area contributed by atoms with Gasteiger partial charge in [0, 0.05) is 35.3 Å². The number of hydroxylamine groups is 2. The summed E-state index contributed by atoms with van der Waals surface area (Å²) in [5, 5.41) is 12.1. The summed E-state index contributed by atoms with van der Waals surface area (Å²) >= 11 is 0. The van der Waals surface area contributed by atoms with Gasteiger partial charge in [-0.05, 0) is 42.8 Å². The van der Waals surface area contributed by atoms with Crippen molar-refractivity contribution in [2.45, 2.75) is 17.9 Å². The first kappa shape index (κ1) is 28.6. The zero-order valence-corrected chi connectivity index (χ0v) is 23.0. The summed E-state index contributed by atoms with van der Waals surface area (Å²) in [6, 6.07) is 19.9. The molecular weight excluding hydrogens is 534 g/mol. The highest BCUT2D eigenvalue weighted by Gasteiger charge is 2.35. The number of nitrogen functional groups attached to an aromatic ring is 1. The molecule has 210 valence electrons. The SMILES string of the molecule is CCOC(=O)ON1CCN(c2cccc(C(=N)N)c2)C(C(=O)Nc2ccc(-c3ccccc3S(C)(=O)=O)cc2)C1. The molecule has 3 aromatic carbocycles. The van der Waals surface area contributed by atoms with Crippen LogP contribution in [0.2, 0.25) is 0 Å². The topological polar surface area (TPSA) is 155 Å². The molecule has 1 aliphatic heterocycles. The van der Waals surface area contributed by atoms with E-state index >= 15 is 0 Å². The Balaban J connectivity index is 1.57. The highest BCUT2D eigenvalue weighted by atomic mass is 32.2. The third-order valence-corrected chi connectivity index (χ3v) is 7.51. The third kappa shape index (κ3) is 6.77. The number of piperazine rings is 1. The molecule has 4 rings (SSSR count). The number of nitrogens with one attached hydrogen (secondary N) is 2. The van der Waals surface area contributed by atoms with Crippen molar-refractivity contribution in [3.63, 3.8) is 0 Å². The van der Waals surface area contributed by atoms with Crippen molar-refractivity contribution < 1.29 is 27.6 Å². The van der Waals surface area contributed by atoms with Crippen molar-refractivity contribution in [1.82, 2.24) is 5.06 Å². The number of carbonyl (C=O) groups excluding carboxylic acids is 2. The van der Waals surface area contributed by atoms with Crippen LogP contribution in [0.15, 0.2) is 77.7 Å². The first-order valence-electron chi connectivity index (χ1n) is 12.6. The second-order valence-corrected chi connectivity index (χ2v) is 11.2. The standard InChI is InChI=1S/C28H31N5O6S/c1-3-38-28(35)39-32-15-16-33(22-8-6-7-20(17-22)26(29)30)24(18-32)27(34)31-21-13-11-19(12-14-21)23-9-4-5-10-25(23)40(2,36)37/h4-14,17,24H,3,15-16,18H2,1-2H3,(H3,29,30)(H,31,34). The Morgan fingerprint density at radius 1 is 1.05 bits per heavy atom. The molecular formula is C28H31N5O6S. The lowest BCUT2D eigenvalue weighted by molar-refractivity contribution is -0.143. The van der Waals surface area contributed by atoms with E-state index in [2.05, 4.69) is 5.32 Å². The van der Waals surface area contributed by atoms with E-state index < -0.39 is 22.0 Å². The molecule has 1 atom stereocenters. The number of rotatable bonds is 8. The number of carbonyl (C=O) groups is 2. The summed E-state index contributed by atoms with van der Waals surface area (Å²) in [7, 11) is -3.43. The van der Waals surface area contributed by atoms with Crippen molar-refractivity contribution in [2.24, 2.45) is 5.73 Å². The molecule has 0 bridgehead atoms. The van der Waals surface area contributed by atoms with Crippen LogP contribution in [0.1, 0.15) is 12.5 Å². The fraction of sp³-hybridized carbons (Fsp3) is 0.250. The second-order valence-electron chi connectivity index (χ2n) is 9.17. The Morgan fingerprint density at radius 3 is 2.45 bits per heavy atom. The maximum atomic E-state index is 13.6. The highest BCUT2D eigenvalue weighted by Crippen LogP contribution is 2.29. The maximum Gasteiger partial charge on any atom is 0.527 e. The first-order chi connectivity index (χ1) is 19.1. The van der Waals surface area contributed by atoms with Crippen molar-refractivity contribution in [1.29, 1.82) is 5.41 Å². The van der Waals surface area contributed by atoms with Crippen molar-refractivity contribution in [3.05, 3.63) is 78.4 Å². The van der Waals surface area contributed by atoms with Crippen LogP contribution in [0.3, 0.4) is 0 Å². The molecule has 1 fully saturated rings. The lowest BCUT2D eigenvalue weighted by atomic mass is 10.0. The number of sulfone groups is 1. The number of ether oxygens (including phenoxy) is 1. The Bertz CT molecular complexity index is 1510. The molecule has 0 radical (unpaired) electrons. The van der Waals surface area contributed by atoms with Crippen LogP contribution >= 0.6 is 0 Å². The van der Waals surface area contributed by atoms with Gasteiger partial charge in [0.2, 0.25) is 5.91 Å². The van der Waals surface area contributed by atoms with Crippen LogP contribution in [0.5, 0.6) is 0 Å². The lowest BCUT2D eigenvalue weighted by Crippen LogP contribution is -2.58. The number of benzene rings is 3. The van der Waals surface area contributed by atoms with Crippen LogP contribution in [0.4, 0.5) is 16.2 Å². The van der Waals surface area contributed by atoms with Gasteiger partial charge in [0.05, 0.1) is 24.6 Å². The van der Waals surface area contributed by atoms with Crippen molar-refractivity contribution in [2.75, 3.05) is 42.7 Å². The number of hydrogen-bond acceptors (Lipinski definition) is 9. The van der Waals surface area contributed by atoms with Crippen LogP contribution in [-0.2, 0) is 24.2 Å². The fourth-order valence-corrected chi connectivity index (χ4v) is 5.37. The number of hydrogen-bond donors (Lipinski definition) is 3. The van der Waals surface area contributed by atoms with E-state index in [1.54, 1.807) is 73.7 Å². The smallest absolute Gasteiger partial charge is 0.433 e. The van der Waals surface area contributed by atoms with E-state index in [-0.39, 0.29) is 29.8 Å². The Morgan fingerprint density at radius 2 is 1.77 bits per heavy atom. The number of amides is 1. The maximum absolute atomic E-state index is 13.6. The number of amidine groups is 1.